The summed E-state index contributed by atoms with van der Waals surface area (Å²) < 4.78 is 1.12. The quantitative estimate of drug-likeness (QED) is 0.672. The van der Waals surface area contributed by atoms with Crippen molar-refractivity contribution in [2.75, 3.05) is 5.32 Å². The average Bonchev–Trinajstić information content (AvgIpc) is 3.39. The predicted molar refractivity (Wildman–Crippen MR) is 107 cm³/mol. The number of thiophene rings is 1. The molecule has 4 rings (SSSR count). The molecule has 0 bridgehead atoms. The first-order valence-corrected chi connectivity index (χ1v) is 9.80. The zero-order valence-electron chi connectivity index (χ0n) is 14.9. The number of nitrogens with zero attached hydrogens (tertiary/aromatic N) is 2. The number of benzene rings is 1. The maximum atomic E-state index is 12.5. The largest absolute Gasteiger partial charge is 0.349 e. The molecule has 1 aliphatic rings. The molecule has 0 atom stereocenters. The highest BCUT2D eigenvalue weighted by Crippen LogP contribution is 2.25. The van der Waals surface area contributed by atoms with Crippen LogP contribution in [0.1, 0.15) is 23.2 Å². The van der Waals surface area contributed by atoms with Crippen molar-refractivity contribution in [1.82, 2.24) is 15.1 Å². The monoisotopic (exact) mass is 394 g/mol. The first-order valence-electron chi connectivity index (χ1n) is 8.92. The van der Waals surface area contributed by atoms with Crippen molar-refractivity contribution in [3.63, 3.8) is 0 Å². The second-order valence-electron chi connectivity index (χ2n) is 6.54. The molecule has 2 N–H and O–H groups in total. The number of anilines is 1. The van der Waals surface area contributed by atoms with E-state index in [0.29, 0.717) is 16.3 Å². The van der Waals surface area contributed by atoms with Gasteiger partial charge in [0.15, 0.2) is 0 Å². The highest BCUT2D eigenvalue weighted by molar-refractivity contribution is 7.14. The molecule has 3 aromatic rings. The maximum absolute atomic E-state index is 12.5. The Labute approximate surface area is 165 Å². The van der Waals surface area contributed by atoms with E-state index < -0.39 is 5.91 Å². The third-order valence-electron chi connectivity index (χ3n) is 4.30. The fraction of sp³-hybridized carbons (Fsp3) is 0.200. The molecule has 1 fully saturated rings. The molecule has 0 aliphatic heterocycles. The van der Waals surface area contributed by atoms with Crippen molar-refractivity contribution in [2.45, 2.75) is 25.4 Å². The van der Waals surface area contributed by atoms with Gasteiger partial charge in [0.05, 0.1) is 11.3 Å². The van der Waals surface area contributed by atoms with Crippen LogP contribution in [0, 0.1) is 0 Å². The average molecular weight is 394 g/mol. The molecule has 1 aromatic carbocycles. The molecule has 8 heteroatoms. The van der Waals surface area contributed by atoms with Crippen LogP contribution < -0.4 is 16.2 Å². The van der Waals surface area contributed by atoms with Gasteiger partial charge in [-0.2, -0.15) is 5.10 Å². The third kappa shape index (κ3) is 4.17. The van der Waals surface area contributed by atoms with Gasteiger partial charge in [0.2, 0.25) is 5.91 Å². The zero-order chi connectivity index (χ0) is 19.5. The van der Waals surface area contributed by atoms with Crippen molar-refractivity contribution in [3.8, 4) is 11.3 Å². The Morgan fingerprint density at radius 1 is 1.11 bits per heavy atom. The maximum Gasteiger partial charge on any atom is 0.267 e. The molecular formula is C20H18N4O3S. The van der Waals surface area contributed by atoms with Gasteiger partial charge in [0.1, 0.15) is 11.5 Å². The summed E-state index contributed by atoms with van der Waals surface area (Å²) >= 11 is 1.27. The van der Waals surface area contributed by atoms with Crippen LogP contribution in [0.2, 0.25) is 0 Å². The summed E-state index contributed by atoms with van der Waals surface area (Å²) in [6.45, 7) is -0.235. The van der Waals surface area contributed by atoms with Crippen LogP contribution in [0.4, 0.5) is 5.00 Å². The summed E-state index contributed by atoms with van der Waals surface area (Å²) in [6.07, 6.45) is 1.98. The number of rotatable bonds is 6. The topological polar surface area (TPSA) is 93.1 Å². The Morgan fingerprint density at radius 2 is 1.89 bits per heavy atom. The van der Waals surface area contributed by atoms with Gasteiger partial charge in [-0.05, 0) is 30.4 Å². The second kappa shape index (κ2) is 7.77. The summed E-state index contributed by atoms with van der Waals surface area (Å²) in [6, 6.07) is 14.4. The van der Waals surface area contributed by atoms with Gasteiger partial charge >= 0.3 is 0 Å². The molecule has 0 unspecified atom stereocenters. The molecule has 2 amide bonds. The summed E-state index contributed by atoms with van der Waals surface area (Å²) in [4.78, 5) is 36.8. The number of amides is 2. The van der Waals surface area contributed by atoms with E-state index in [1.807, 2.05) is 30.3 Å². The van der Waals surface area contributed by atoms with Crippen LogP contribution in [0.25, 0.3) is 11.3 Å². The molecule has 2 heterocycles. The highest BCUT2D eigenvalue weighted by atomic mass is 32.1. The molecule has 28 heavy (non-hydrogen) atoms. The number of hydrogen-bond donors (Lipinski definition) is 2. The van der Waals surface area contributed by atoms with E-state index in [-0.39, 0.29) is 24.1 Å². The normalized spacial score (nSPS) is 13.1. The molecule has 142 valence electrons. The standard InChI is InChI=1S/C20H18N4O3S/c25-17(22-20-15(10-11-28-20)19(27)21-14-6-7-14)12-24-18(26)9-8-16(23-24)13-4-2-1-3-5-13/h1-5,8-11,14H,6-7,12H2,(H,21,27)(H,22,25). The smallest absolute Gasteiger partial charge is 0.267 e. The Bertz CT molecular complexity index is 1070. The first kappa shape index (κ1) is 18.1. The Balaban J connectivity index is 1.48. The van der Waals surface area contributed by atoms with Crippen LogP contribution in [-0.2, 0) is 11.3 Å². The molecule has 1 aliphatic carbocycles. The lowest BCUT2D eigenvalue weighted by atomic mass is 10.1. The number of carbonyl (C=O) groups excluding carboxylic acids is 2. The summed E-state index contributed by atoms with van der Waals surface area (Å²) in [7, 11) is 0. The Kier molecular flexibility index (Phi) is 5.03. The van der Waals surface area contributed by atoms with E-state index in [4.69, 9.17) is 0 Å². The number of aromatic nitrogens is 2. The minimum Gasteiger partial charge on any atom is -0.349 e. The number of carbonyl (C=O) groups is 2. The molecule has 1 saturated carbocycles. The lowest BCUT2D eigenvalue weighted by molar-refractivity contribution is -0.116. The summed E-state index contributed by atoms with van der Waals surface area (Å²) in [5.41, 5.74) is 1.53. The Hall–Kier alpha value is -3.26. The molecule has 0 radical (unpaired) electrons. The van der Waals surface area contributed by atoms with Crippen molar-refractivity contribution in [1.29, 1.82) is 0 Å². The minimum absolute atomic E-state index is 0.194. The van der Waals surface area contributed by atoms with Gasteiger partial charge in [-0.1, -0.05) is 30.3 Å². The Morgan fingerprint density at radius 3 is 2.64 bits per heavy atom. The second-order valence-corrected chi connectivity index (χ2v) is 7.46. The minimum atomic E-state index is -0.414. The van der Waals surface area contributed by atoms with Crippen molar-refractivity contribution < 1.29 is 9.59 Å². The van der Waals surface area contributed by atoms with Gasteiger partial charge < -0.3 is 10.6 Å². The van der Waals surface area contributed by atoms with E-state index in [0.717, 1.165) is 23.1 Å². The highest BCUT2D eigenvalue weighted by Gasteiger charge is 2.25. The molecule has 0 spiro atoms. The van der Waals surface area contributed by atoms with Crippen LogP contribution in [0.3, 0.4) is 0 Å². The fourth-order valence-corrected chi connectivity index (χ4v) is 3.50. The van der Waals surface area contributed by atoms with E-state index in [9.17, 15) is 14.4 Å². The van der Waals surface area contributed by atoms with Gasteiger partial charge in [0, 0.05) is 17.7 Å². The third-order valence-corrected chi connectivity index (χ3v) is 5.13. The van der Waals surface area contributed by atoms with E-state index in [1.54, 1.807) is 17.5 Å². The summed E-state index contributed by atoms with van der Waals surface area (Å²) in [5.74, 6) is -0.608. The van der Waals surface area contributed by atoms with E-state index in [1.165, 1.54) is 17.4 Å². The van der Waals surface area contributed by atoms with Crippen molar-refractivity contribution >= 4 is 28.2 Å². The van der Waals surface area contributed by atoms with Crippen LogP contribution >= 0.6 is 11.3 Å². The zero-order valence-corrected chi connectivity index (χ0v) is 15.7. The van der Waals surface area contributed by atoms with Gasteiger partial charge in [0.25, 0.3) is 11.5 Å². The lowest BCUT2D eigenvalue weighted by Gasteiger charge is -2.09. The van der Waals surface area contributed by atoms with E-state index >= 15 is 0 Å². The van der Waals surface area contributed by atoms with Crippen LogP contribution in [-0.4, -0.2) is 27.6 Å². The van der Waals surface area contributed by atoms with Gasteiger partial charge in [-0.25, -0.2) is 4.68 Å². The SMILES string of the molecule is O=C(Cn1nc(-c2ccccc2)ccc1=O)Nc1sccc1C(=O)NC1CC1. The molecule has 2 aromatic heterocycles. The number of hydrogen-bond acceptors (Lipinski definition) is 5. The molecule has 7 nitrogen and oxygen atoms in total. The van der Waals surface area contributed by atoms with Crippen LogP contribution in [0.15, 0.2) is 58.7 Å². The molecular weight excluding hydrogens is 376 g/mol. The van der Waals surface area contributed by atoms with Gasteiger partial charge in [-0.3, -0.25) is 14.4 Å². The van der Waals surface area contributed by atoms with Crippen molar-refractivity contribution in [2.24, 2.45) is 0 Å². The molecule has 0 saturated heterocycles. The number of nitrogens with one attached hydrogen (secondary N) is 2. The summed E-state index contributed by atoms with van der Waals surface area (Å²) in [5, 5.41) is 12.1. The fourth-order valence-electron chi connectivity index (χ4n) is 2.70. The van der Waals surface area contributed by atoms with E-state index in [2.05, 4.69) is 15.7 Å². The lowest BCUT2D eigenvalue weighted by Crippen LogP contribution is -2.30. The van der Waals surface area contributed by atoms with Gasteiger partial charge in [-0.15, -0.1) is 11.3 Å². The van der Waals surface area contributed by atoms with Crippen LogP contribution in [0.5, 0.6) is 0 Å². The predicted octanol–water partition coefficient (Wildman–Crippen LogP) is 2.50. The van der Waals surface area contributed by atoms with Crippen molar-refractivity contribution in [3.05, 3.63) is 69.8 Å². The first-order chi connectivity index (χ1) is 13.6.